The third-order valence-corrected chi connectivity index (χ3v) is 6.01. The van der Waals surface area contributed by atoms with Crippen LogP contribution in [0.1, 0.15) is 24.6 Å². The van der Waals surface area contributed by atoms with Gasteiger partial charge in [-0.15, -0.1) is 11.3 Å². The van der Waals surface area contributed by atoms with Gasteiger partial charge in [0.1, 0.15) is 0 Å². The second-order valence-corrected chi connectivity index (χ2v) is 8.68. The van der Waals surface area contributed by atoms with Crippen LogP contribution < -0.4 is 0 Å². The summed E-state index contributed by atoms with van der Waals surface area (Å²) in [5.74, 6) is 0.634. The van der Waals surface area contributed by atoms with Gasteiger partial charge in [-0.25, -0.2) is 0 Å². The third kappa shape index (κ3) is 3.50. The van der Waals surface area contributed by atoms with Crippen LogP contribution in [-0.2, 0) is 11.3 Å². The molecule has 1 N–H and O–H groups in total. The van der Waals surface area contributed by atoms with Gasteiger partial charge in [0.05, 0.1) is 22.5 Å². The minimum Gasteiger partial charge on any atom is -0.387 e. The van der Waals surface area contributed by atoms with Crippen molar-refractivity contribution in [1.82, 2.24) is 9.80 Å². The average Bonchev–Trinajstić information content (AvgIpc) is 3.18. The largest absolute Gasteiger partial charge is 0.387 e. The monoisotopic (exact) mass is 372 g/mol. The molecule has 4 nitrogen and oxygen atoms in total. The number of hydrogen-bond acceptors (Lipinski definition) is 4. The van der Waals surface area contributed by atoms with Gasteiger partial charge in [0, 0.05) is 24.5 Å². The van der Waals surface area contributed by atoms with Crippen LogP contribution in [0.2, 0.25) is 0 Å². The van der Waals surface area contributed by atoms with E-state index >= 15 is 0 Å². The number of likely N-dealkylation sites (N-methyl/N-ethyl adjacent to an activating group) is 1. The number of thiophene rings is 1. The van der Waals surface area contributed by atoms with E-state index in [9.17, 15) is 9.90 Å². The van der Waals surface area contributed by atoms with E-state index in [-0.39, 0.29) is 5.91 Å². The number of carbonyl (C=O) groups excluding carboxylic acids is 1. The molecule has 6 heteroatoms. The Hall–Kier alpha value is -0.430. The summed E-state index contributed by atoms with van der Waals surface area (Å²) in [6, 6.07) is 4.07. The van der Waals surface area contributed by atoms with E-state index in [0.717, 1.165) is 23.2 Å². The van der Waals surface area contributed by atoms with Gasteiger partial charge in [-0.3, -0.25) is 9.69 Å². The molecule has 0 spiro atoms. The molecule has 1 saturated heterocycles. The molecule has 3 rings (SSSR count). The number of nitrogens with zero attached hydrogens (tertiary/aromatic N) is 2. The highest BCUT2D eigenvalue weighted by Gasteiger charge is 2.52. The van der Waals surface area contributed by atoms with Gasteiger partial charge < -0.3 is 10.0 Å². The van der Waals surface area contributed by atoms with Crippen LogP contribution in [0.4, 0.5) is 0 Å². The Morgan fingerprint density at radius 2 is 2.24 bits per heavy atom. The number of aliphatic hydroxyl groups is 1. The first-order valence-corrected chi connectivity index (χ1v) is 9.08. The number of rotatable bonds is 6. The van der Waals surface area contributed by atoms with Gasteiger partial charge in [-0.2, -0.15) is 0 Å². The second-order valence-electron chi connectivity index (χ2n) is 6.14. The first kappa shape index (κ1) is 15.5. The SMILES string of the molecule is CCN(Cc1ccc(Br)s1)C(=O)CN1CC(O)(C2CC2)C1. The summed E-state index contributed by atoms with van der Waals surface area (Å²) < 4.78 is 1.10. The minimum atomic E-state index is -0.504. The Morgan fingerprint density at radius 3 is 2.76 bits per heavy atom. The Kier molecular flexibility index (Phi) is 4.41. The molecule has 0 unspecified atom stereocenters. The lowest BCUT2D eigenvalue weighted by atomic mass is 9.89. The van der Waals surface area contributed by atoms with Crippen LogP contribution in [0.15, 0.2) is 15.9 Å². The van der Waals surface area contributed by atoms with Crippen molar-refractivity contribution in [3.63, 3.8) is 0 Å². The van der Waals surface area contributed by atoms with Crippen LogP contribution in [0.5, 0.6) is 0 Å². The maximum atomic E-state index is 12.4. The molecule has 21 heavy (non-hydrogen) atoms. The summed E-state index contributed by atoms with van der Waals surface area (Å²) in [6.45, 7) is 5.14. The molecule has 0 bridgehead atoms. The fraction of sp³-hybridized carbons (Fsp3) is 0.667. The predicted octanol–water partition coefficient (Wildman–Crippen LogP) is 2.32. The van der Waals surface area contributed by atoms with Crippen LogP contribution in [0.3, 0.4) is 0 Å². The second kappa shape index (κ2) is 5.99. The Morgan fingerprint density at radius 1 is 1.52 bits per heavy atom. The Labute approximate surface area is 137 Å². The molecular formula is C15H21BrN2O2S. The van der Waals surface area contributed by atoms with Crippen molar-refractivity contribution in [2.24, 2.45) is 5.92 Å². The Bertz CT molecular complexity index is 523. The molecule has 1 saturated carbocycles. The molecule has 116 valence electrons. The van der Waals surface area contributed by atoms with Crippen LogP contribution >= 0.6 is 27.3 Å². The van der Waals surface area contributed by atoms with Crippen molar-refractivity contribution in [3.8, 4) is 0 Å². The summed E-state index contributed by atoms with van der Waals surface area (Å²) >= 11 is 5.12. The molecule has 0 aromatic carbocycles. The molecule has 1 aromatic heterocycles. The molecule has 0 radical (unpaired) electrons. The average molecular weight is 373 g/mol. The summed E-state index contributed by atoms with van der Waals surface area (Å²) in [6.07, 6.45) is 2.29. The summed E-state index contributed by atoms with van der Waals surface area (Å²) in [5, 5.41) is 10.3. The summed E-state index contributed by atoms with van der Waals surface area (Å²) in [7, 11) is 0. The first-order chi connectivity index (χ1) is 10.00. The number of halogens is 1. The van der Waals surface area contributed by atoms with E-state index in [1.54, 1.807) is 11.3 Å². The topological polar surface area (TPSA) is 43.8 Å². The quantitative estimate of drug-likeness (QED) is 0.833. The lowest BCUT2D eigenvalue weighted by molar-refractivity contribution is -0.145. The van der Waals surface area contributed by atoms with Gasteiger partial charge in [0.25, 0.3) is 0 Å². The van der Waals surface area contributed by atoms with Crippen molar-refractivity contribution in [3.05, 3.63) is 20.8 Å². The van der Waals surface area contributed by atoms with Crippen molar-refractivity contribution in [2.75, 3.05) is 26.2 Å². The van der Waals surface area contributed by atoms with Crippen molar-refractivity contribution < 1.29 is 9.90 Å². The van der Waals surface area contributed by atoms with Crippen LogP contribution in [0, 0.1) is 5.92 Å². The van der Waals surface area contributed by atoms with Crippen LogP contribution in [-0.4, -0.2) is 52.6 Å². The molecule has 1 aromatic rings. The zero-order chi connectivity index (χ0) is 15.0. The highest BCUT2D eigenvalue weighted by Crippen LogP contribution is 2.44. The summed E-state index contributed by atoms with van der Waals surface area (Å²) in [4.78, 5) is 17.5. The fourth-order valence-corrected chi connectivity index (χ4v) is 4.51. The lowest BCUT2D eigenvalue weighted by Gasteiger charge is -2.47. The number of hydrogen-bond donors (Lipinski definition) is 1. The smallest absolute Gasteiger partial charge is 0.237 e. The van der Waals surface area contributed by atoms with Gasteiger partial charge in [0.2, 0.25) is 5.91 Å². The lowest BCUT2D eigenvalue weighted by Crippen LogP contribution is -2.64. The van der Waals surface area contributed by atoms with Gasteiger partial charge in [-0.05, 0) is 53.7 Å². The standard InChI is InChI=1S/C15H21BrN2O2S/c1-2-18(7-12-5-6-13(16)21-12)14(19)8-17-9-15(20,10-17)11-3-4-11/h5-6,11,20H,2-4,7-10H2,1H3. The fourth-order valence-electron chi connectivity index (χ4n) is 3.01. The maximum Gasteiger partial charge on any atom is 0.237 e. The molecule has 1 aliphatic carbocycles. The zero-order valence-electron chi connectivity index (χ0n) is 12.2. The number of carbonyl (C=O) groups is 1. The molecule has 0 atom stereocenters. The van der Waals surface area contributed by atoms with Crippen molar-refractivity contribution in [1.29, 1.82) is 0 Å². The molecule has 2 heterocycles. The van der Waals surface area contributed by atoms with Gasteiger partial charge >= 0.3 is 0 Å². The summed E-state index contributed by atoms with van der Waals surface area (Å²) in [5.41, 5.74) is -0.504. The van der Waals surface area contributed by atoms with E-state index in [0.29, 0.717) is 32.1 Å². The van der Waals surface area contributed by atoms with Crippen molar-refractivity contribution >= 4 is 33.2 Å². The van der Waals surface area contributed by atoms with Crippen LogP contribution in [0.25, 0.3) is 0 Å². The number of amides is 1. The van der Waals surface area contributed by atoms with E-state index in [2.05, 4.69) is 26.9 Å². The normalized spacial score (nSPS) is 21.1. The highest BCUT2D eigenvalue weighted by molar-refractivity contribution is 9.11. The predicted molar refractivity (Wildman–Crippen MR) is 87.2 cm³/mol. The van der Waals surface area contributed by atoms with E-state index < -0.39 is 5.60 Å². The molecule has 2 aliphatic rings. The highest BCUT2D eigenvalue weighted by atomic mass is 79.9. The zero-order valence-corrected chi connectivity index (χ0v) is 14.6. The maximum absolute atomic E-state index is 12.4. The van der Waals surface area contributed by atoms with E-state index in [1.165, 1.54) is 4.88 Å². The number of β-amino-alcohol motifs (C(OH)–C–C–N with tert-alkyl or cyclic N) is 1. The Balaban J connectivity index is 1.49. The molecule has 1 amide bonds. The molecule has 2 fully saturated rings. The first-order valence-electron chi connectivity index (χ1n) is 7.47. The molecular weight excluding hydrogens is 352 g/mol. The number of likely N-dealkylation sites (tertiary alicyclic amines) is 1. The van der Waals surface area contributed by atoms with Gasteiger partial charge in [-0.1, -0.05) is 0 Å². The van der Waals surface area contributed by atoms with Gasteiger partial charge in [0.15, 0.2) is 0 Å². The minimum absolute atomic E-state index is 0.153. The van der Waals surface area contributed by atoms with Crippen molar-refractivity contribution in [2.45, 2.75) is 31.9 Å². The van der Waals surface area contributed by atoms with E-state index in [4.69, 9.17) is 0 Å². The van der Waals surface area contributed by atoms with E-state index in [1.807, 2.05) is 17.9 Å². The third-order valence-electron chi connectivity index (χ3n) is 4.40. The molecule has 1 aliphatic heterocycles.